The highest BCUT2D eigenvalue weighted by Crippen LogP contribution is 1.91. The minimum atomic E-state index is -0.0409. The molecule has 0 aliphatic heterocycles. The van der Waals surface area contributed by atoms with E-state index in [0.717, 1.165) is 11.3 Å². The summed E-state index contributed by atoms with van der Waals surface area (Å²) in [6.07, 6.45) is 3.46. The highest BCUT2D eigenvalue weighted by Gasteiger charge is 1.97. The summed E-state index contributed by atoms with van der Waals surface area (Å²) in [6, 6.07) is 5.02. The van der Waals surface area contributed by atoms with Crippen LogP contribution in [0.5, 0.6) is 0 Å². The molecule has 0 atom stereocenters. The summed E-state index contributed by atoms with van der Waals surface area (Å²) < 4.78 is 3.19. The first-order valence-corrected chi connectivity index (χ1v) is 5.45. The molecule has 15 heavy (non-hydrogen) atoms. The van der Waals surface area contributed by atoms with E-state index in [-0.39, 0.29) is 10.4 Å². The van der Waals surface area contributed by atoms with Crippen molar-refractivity contribution in [2.75, 3.05) is 0 Å². The number of hydrogen-bond acceptors (Lipinski definition) is 3. The van der Waals surface area contributed by atoms with Gasteiger partial charge in [0.1, 0.15) is 0 Å². The van der Waals surface area contributed by atoms with Crippen LogP contribution in [0.25, 0.3) is 0 Å². The first kappa shape index (κ1) is 9.92. The zero-order valence-electron chi connectivity index (χ0n) is 8.00. The lowest BCUT2D eigenvalue weighted by molar-refractivity contribution is 0.560. The van der Waals surface area contributed by atoms with Crippen molar-refractivity contribution in [3.8, 4) is 0 Å². The average molecular weight is 222 g/mol. The highest BCUT2D eigenvalue weighted by molar-refractivity contribution is 7.07. The fourth-order valence-corrected chi connectivity index (χ4v) is 1.93. The molecule has 0 spiro atoms. The molecule has 78 valence electrons. The molecule has 2 aromatic rings. The van der Waals surface area contributed by atoms with E-state index in [0.29, 0.717) is 13.1 Å². The summed E-state index contributed by atoms with van der Waals surface area (Å²) in [7, 11) is 0. The number of hydrogen-bond donors (Lipinski definition) is 0. The number of aryl methyl sites for hydroxylation is 2. The van der Waals surface area contributed by atoms with Gasteiger partial charge in [0.05, 0.1) is 0 Å². The summed E-state index contributed by atoms with van der Waals surface area (Å²) in [4.78, 5) is 22.6. The molecule has 0 aliphatic rings. The topological polar surface area (TPSA) is 44.0 Å². The van der Waals surface area contributed by atoms with Crippen molar-refractivity contribution in [2.45, 2.75) is 13.1 Å². The molecule has 0 amide bonds. The molecule has 0 unspecified atom stereocenters. The molecule has 0 saturated carbocycles. The molecule has 0 aliphatic carbocycles. The Balaban J connectivity index is 2.12. The Morgan fingerprint density at radius 2 is 1.87 bits per heavy atom. The standard InChI is InChI=1S/C10H10N2O2S/c13-9-3-1-2-4-11(9)5-6-12-7-8-15-10(12)14/h1-4,7-8H,5-6H2. The van der Waals surface area contributed by atoms with E-state index in [1.807, 2.05) is 0 Å². The Morgan fingerprint density at radius 1 is 1.07 bits per heavy atom. The lowest BCUT2D eigenvalue weighted by Gasteiger charge is -2.04. The van der Waals surface area contributed by atoms with Crippen LogP contribution in [-0.2, 0) is 13.1 Å². The Hall–Kier alpha value is -1.62. The molecule has 5 heteroatoms. The summed E-state index contributed by atoms with van der Waals surface area (Å²) in [5.41, 5.74) is -0.0409. The maximum absolute atomic E-state index is 11.3. The van der Waals surface area contributed by atoms with Crippen LogP contribution in [0, 0.1) is 0 Å². The van der Waals surface area contributed by atoms with Crippen molar-refractivity contribution in [2.24, 2.45) is 0 Å². The summed E-state index contributed by atoms with van der Waals surface area (Å²) in [5.74, 6) is 0. The molecule has 0 saturated heterocycles. The monoisotopic (exact) mass is 222 g/mol. The van der Waals surface area contributed by atoms with Crippen LogP contribution in [0.1, 0.15) is 0 Å². The summed E-state index contributed by atoms with van der Waals surface area (Å²) in [5, 5.41) is 1.75. The molecule has 2 heterocycles. The van der Waals surface area contributed by atoms with E-state index in [9.17, 15) is 9.59 Å². The molecule has 0 aromatic carbocycles. The normalized spacial score (nSPS) is 10.4. The van der Waals surface area contributed by atoms with Gasteiger partial charge < -0.3 is 9.13 Å². The van der Waals surface area contributed by atoms with E-state index in [1.54, 1.807) is 39.0 Å². The molecular weight excluding hydrogens is 212 g/mol. The minimum absolute atomic E-state index is 0.0129. The van der Waals surface area contributed by atoms with Gasteiger partial charge in [0.25, 0.3) is 5.56 Å². The third kappa shape index (κ3) is 2.24. The zero-order chi connectivity index (χ0) is 10.7. The smallest absolute Gasteiger partial charge is 0.307 e. The van der Waals surface area contributed by atoms with Crippen molar-refractivity contribution >= 4 is 11.3 Å². The fourth-order valence-electron chi connectivity index (χ4n) is 1.32. The van der Waals surface area contributed by atoms with Crippen LogP contribution >= 0.6 is 11.3 Å². The Morgan fingerprint density at radius 3 is 2.53 bits per heavy atom. The van der Waals surface area contributed by atoms with Gasteiger partial charge >= 0.3 is 4.87 Å². The van der Waals surface area contributed by atoms with Crippen LogP contribution in [0.2, 0.25) is 0 Å². The number of pyridine rings is 1. The van der Waals surface area contributed by atoms with Crippen molar-refractivity contribution in [3.63, 3.8) is 0 Å². The number of aromatic nitrogens is 2. The number of nitrogens with zero attached hydrogens (tertiary/aromatic N) is 2. The third-order valence-electron chi connectivity index (χ3n) is 2.12. The maximum Gasteiger partial charge on any atom is 0.307 e. The lowest BCUT2D eigenvalue weighted by Crippen LogP contribution is -2.23. The van der Waals surface area contributed by atoms with Gasteiger partial charge in [-0.05, 0) is 6.07 Å². The van der Waals surface area contributed by atoms with Crippen LogP contribution < -0.4 is 10.4 Å². The second kappa shape index (κ2) is 4.27. The van der Waals surface area contributed by atoms with Crippen molar-refractivity contribution < 1.29 is 0 Å². The van der Waals surface area contributed by atoms with Gasteiger partial charge in [-0.1, -0.05) is 17.4 Å². The first-order valence-electron chi connectivity index (χ1n) is 4.57. The highest BCUT2D eigenvalue weighted by atomic mass is 32.1. The largest absolute Gasteiger partial charge is 0.314 e. The zero-order valence-corrected chi connectivity index (χ0v) is 8.81. The number of rotatable bonds is 3. The molecular formula is C10H10N2O2S. The van der Waals surface area contributed by atoms with Gasteiger partial charge in [0.15, 0.2) is 0 Å². The van der Waals surface area contributed by atoms with Crippen LogP contribution in [0.3, 0.4) is 0 Å². The first-order chi connectivity index (χ1) is 7.27. The lowest BCUT2D eigenvalue weighted by atomic mass is 10.4. The van der Waals surface area contributed by atoms with Gasteiger partial charge in [-0.2, -0.15) is 0 Å². The van der Waals surface area contributed by atoms with E-state index in [4.69, 9.17) is 0 Å². The summed E-state index contributed by atoms with van der Waals surface area (Å²) in [6.45, 7) is 1.06. The van der Waals surface area contributed by atoms with Crippen molar-refractivity contribution in [1.29, 1.82) is 0 Å². The van der Waals surface area contributed by atoms with E-state index in [1.165, 1.54) is 6.07 Å². The van der Waals surface area contributed by atoms with E-state index >= 15 is 0 Å². The van der Waals surface area contributed by atoms with Crippen molar-refractivity contribution in [3.05, 3.63) is 56.0 Å². The maximum atomic E-state index is 11.3. The Kier molecular flexibility index (Phi) is 2.82. The SMILES string of the molecule is O=c1ccccn1CCn1ccsc1=O. The number of thiazole rings is 1. The van der Waals surface area contributed by atoms with Crippen LogP contribution in [-0.4, -0.2) is 9.13 Å². The fraction of sp³-hybridized carbons (Fsp3) is 0.200. The quantitative estimate of drug-likeness (QED) is 0.770. The molecule has 0 fully saturated rings. The second-order valence-electron chi connectivity index (χ2n) is 3.09. The predicted octanol–water partition coefficient (Wildman–Crippen LogP) is 0.772. The Bertz CT molecular complexity index is 553. The molecule has 2 rings (SSSR count). The van der Waals surface area contributed by atoms with Crippen molar-refractivity contribution in [1.82, 2.24) is 9.13 Å². The minimum Gasteiger partial charge on any atom is -0.314 e. The van der Waals surface area contributed by atoms with Gasteiger partial charge in [-0.15, -0.1) is 0 Å². The third-order valence-corrected chi connectivity index (χ3v) is 2.82. The molecule has 4 nitrogen and oxygen atoms in total. The second-order valence-corrected chi connectivity index (χ2v) is 3.95. The molecule has 0 radical (unpaired) electrons. The Labute approximate surface area is 90.0 Å². The molecule has 0 bridgehead atoms. The molecule has 0 N–H and O–H groups in total. The van der Waals surface area contributed by atoms with E-state index < -0.39 is 0 Å². The molecule has 2 aromatic heterocycles. The average Bonchev–Trinajstić information content (AvgIpc) is 2.63. The van der Waals surface area contributed by atoms with Crippen LogP contribution in [0.15, 0.2) is 45.6 Å². The van der Waals surface area contributed by atoms with Gasteiger partial charge in [-0.25, -0.2) is 0 Å². The van der Waals surface area contributed by atoms with Gasteiger partial charge in [-0.3, -0.25) is 9.59 Å². The van der Waals surface area contributed by atoms with Gasteiger partial charge in [0, 0.05) is 36.9 Å². The van der Waals surface area contributed by atoms with Crippen LogP contribution in [0.4, 0.5) is 0 Å². The van der Waals surface area contributed by atoms with E-state index in [2.05, 4.69) is 0 Å². The summed E-state index contributed by atoms with van der Waals surface area (Å²) >= 11 is 1.16. The van der Waals surface area contributed by atoms with Gasteiger partial charge in [0.2, 0.25) is 0 Å². The predicted molar refractivity (Wildman–Crippen MR) is 59.3 cm³/mol.